The van der Waals surface area contributed by atoms with Crippen LogP contribution in [0.1, 0.15) is 36.7 Å². The van der Waals surface area contributed by atoms with Gasteiger partial charge < -0.3 is 11.1 Å². The van der Waals surface area contributed by atoms with Crippen LogP contribution in [0.5, 0.6) is 0 Å². The molecule has 1 aromatic rings. The molecule has 0 spiro atoms. The average molecular weight is 368 g/mol. The summed E-state index contributed by atoms with van der Waals surface area (Å²) in [7, 11) is -2.88. The molecular formula is C18H29N3O3S. The molecule has 1 aliphatic heterocycles. The van der Waals surface area contributed by atoms with Gasteiger partial charge in [-0.3, -0.25) is 9.69 Å². The lowest BCUT2D eigenvalue weighted by Gasteiger charge is -2.33. The van der Waals surface area contributed by atoms with Crippen molar-refractivity contribution in [3.63, 3.8) is 0 Å². The molecule has 0 aromatic heterocycles. The summed E-state index contributed by atoms with van der Waals surface area (Å²) in [4.78, 5) is 14.7. The third kappa shape index (κ3) is 5.26. The van der Waals surface area contributed by atoms with Crippen LogP contribution in [0.3, 0.4) is 0 Å². The molecule has 1 atom stereocenters. The molecule has 25 heavy (non-hydrogen) atoms. The summed E-state index contributed by atoms with van der Waals surface area (Å²) < 4.78 is 23.0. The molecule has 2 rings (SSSR count). The molecule has 1 saturated heterocycles. The Kier molecular flexibility index (Phi) is 6.24. The van der Waals surface area contributed by atoms with Gasteiger partial charge in [-0.05, 0) is 30.5 Å². The normalized spacial score (nSPS) is 20.2. The third-order valence-electron chi connectivity index (χ3n) is 5.13. The number of amides is 1. The number of rotatable bonds is 6. The van der Waals surface area contributed by atoms with Crippen LogP contribution in [0.25, 0.3) is 0 Å². The Bertz CT molecular complexity index is 704. The Labute approximate surface area is 150 Å². The van der Waals surface area contributed by atoms with Gasteiger partial charge in [0.2, 0.25) is 0 Å². The number of carbonyl (C=O) groups is 1. The molecule has 6 nitrogen and oxygen atoms in total. The van der Waals surface area contributed by atoms with Gasteiger partial charge in [0.05, 0.1) is 17.0 Å². The largest absolute Gasteiger partial charge is 0.345 e. The summed E-state index contributed by atoms with van der Waals surface area (Å²) in [6, 6.07) is 7.48. The minimum atomic E-state index is -2.88. The van der Waals surface area contributed by atoms with Gasteiger partial charge >= 0.3 is 0 Å². The van der Waals surface area contributed by atoms with Gasteiger partial charge in [-0.1, -0.05) is 26.0 Å². The van der Waals surface area contributed by atoms with Gasteiger partial charge in [0, 0.05) is 31.7 Å². The van der Waals surface area contributed by atoms with Crippen LogP contribution in [0.2, 0.25) is 0 Å². The fourth-order valence-electron chi connectivity index (χ4n) is 2.74. The summed E-state index contributed by atoms with van der Waals surface area (Å²) in [5.41, 5.74) is 6.99. The van der Waals surface area contributed by atoms with Gasteiger partial charge in [-0.25, -0.2) is 8.42 Å². The molecule has 7 heteroatoms. The van der Waals surface area contributed by atoms with Crippen LogP contribution < -0.4 is 11.1 Å². The number of nitrogens with two attached hydrogens (primary N) is 1. The smallest absolute Gasteiger partial charge is 0.251 e. The lowest BCUT2D eigenvalue weighted by molar-refractivity contribution is 0.0883. The molecule has 0 saturated carbocycles. The van der Waals surface area contributed by atoms with Crippen molar-refractivity contribution in [1.82, 2.24) is 10.2 Å². The highest BCUT2D eigenvalue weighted by atomic mass is 32.2. The van der Waals surface area contributed by atoms with E-state index in [0.717, 1.165) is 5.56 Å². The Balaban J connectivity index is 2.04. The monoisotopic (exact) mass is 367 g/mol. The van der Waals surface area contributed by atoms with Gasteiger partial charge in [0.1, 0.15) is 0 Å². The first-order valence-corrected chi connectivity index (χ1v) is 10.5. The maximum Gasteiger partial charge on any atom is 0.251 e. The Morgan fingerprint density at radius 1 is 1.32 bits per heavy atom. The summed E-state index contributed by atoms with van der Waals surface area (Å²) >= 11 is 0. The highest BCUT2D eigenvalue weighted by Gasteiger charge is 2.29. The predicted molar refractivity (Wildman–Crippen MR) is 100 cm³/mol. The van der Waals surface area contributed by atoms with E-state index in [9.17, 15) is 13.2 Å². The topological polar surface area (TPSA) is 92.5 Å². The summed E-state index contributed by atoms with van der Waals surface area (Å²) in [5, 5.41) is 3.04. The van der Waals surface area contributed by atoms with Gasteiger partial charge in [0.25, 0.3) is 5.91 Å². The number of sulfone groups is 1. The zero-order valence-corrected chi connectivity index (χ0v) is 16.1. The Hall–Kier alpha value is -1.44. The molecule has 1 aliphatic rings. The molecule has 3 N–H and O–H groups in total. The molecular weight excluding hydrogens is 338 g/mol. The standard InChI is InChI=1S/C18H29N3O3S/c1-14(2)18(3,13-19)20-17(22)16-6-4-5-15(11-16)12-21-7-9-25(23,24)10-8-21/h4-6,11,14H,7-10,12-13,19H2,1-3H3,(H,20,22). The van der Waals surface area contributed by atoms with Crippen LogP contribution in [0.4, 0.5) is 0 Å². The fraction of sp³-hybridized carbons (Fsp3) is 0.611. The number of benzene rings is 1. The lowest BCUT2D eigenvalue weighted by atomic mass is 9.88. The van der Waals surface area contributed by atoms with E-state index in [-0.39, 0.29) is 23.3 Å². The van der Waals surface area contributed by atoms with Crippen molar-refractivity contribution in [2.45, 2.75) is 32.9 Å². The van der Waals surface area contributed by atoms with Crippen molar-refractivity contribution in [3.05, 3.63) is 35.4 Å². The van der Waals surface area contributed by atoms with Crippen molar-refractivity contribution in [2.75, 3.05) is 31.1 Å². The SMILES string of the molecule is CC(C)C(C)(CN)NC(=O)c1cccc(CN2CCS(=O)(=O)CC2)c1. The van der Waals surface area contributed by atoms with E-state index in [4.69, 9.17) is 5.73 Å². The maximum atomic E-state index is 12.6. The minimum Gasteiger partial charge on any atom is -0.345 e. The zero-order chi connectivity index (χ0) is 18.7. The second-order valence-electron chi connectivity index (χ2n) is 7.36. The highest BCUT2D eigenvalue weighted by molar-refractivity contribution is 7.91. The van der Waals surface area contributed by atoms with E-state index < -0.39 is 15.4 Å². The molecule has 1 fully saturated rings. The summed E-state index contributed by atoms with van der Waals surface area (Å²) in [6.07, 6.45) is 0. The summed E-state index contributed by atoms with van der Waals surface area (Å²) in [5.74, 6) is 0.497. The number of hydrogen-bond acceptors (Lipinski definition) is 5. The quantitative estimate of drug-likeness (QED) is 0.783. The number of carbonyl (C=O) groups excluding carboxylic acids is 1. The molecule has 0 bridgehead atoms. The van der Waals surface area contributed by atoms with Crippen LogP contribution in [0.15, 0.2) is 24.3 Å². The minimum absolute atomic E-state index is 0.135. The number of nitrogens with one attached hydrogen (secondary N) is 1. The molecule has 0 aliphatic carbocycles. The first kappa shape index (κ1) is 19.9. The Morgan fingerprint density at radius 2 is 1.96 bits per heavy atom. The van der Waals surface area contributed by atoms with E-state index in [0.29, 0.717) is 31.7 Å². The van der Waals surface area contributed by atoms with E-state index in [1.54, 1.807) is 6.07 Å². The van der Waals surface area contributed by atoms with Crippen molar-refractivity contribution in [2.24, 2.45) is 11.7 Å². The van der Waals surface area contributed by atoms with E-state index in [1.165, 1.54) is 0 Å². The van der Waals surface area contributed by atoms with Gasteiger partial charge in [0.15, 0.2) is 9.84 Å². The van der Waals surface area contributed by atoms with Crippen LogP contribution in [0, 0.1) is 5.92 Å². The molecule has 1 heterocycles. The first-order valence-electron chi connectivity index (χ1n) is 8.69. The lowest BCUT2D eigenvalue weighted by Crippen LogP contribution is -2.55. The van der Waals surface area contributed by atoms with Crippen molar-refractivity contribution < 1.29 is 13.2 Å². The third-order valence-corrected chi connectivity index (χ3v) is 6.74. The summed E-state index contributed by atoms with van der Waals surface area (Å²) in [6.45, 7) is 8.12. The molecule has 0 radical (unpaired) electrons. The van der Waals surface area contributed by atoms with Gasteiger partial charge in [-0.15, -0.1) is 0 Å². The molecule has 140 valence electrons. The van der Waals surface area contributed by atoms with Gasteiger partial charge in [-0.2, -0.15) is 0 Å². The Morgan fingerprint density at radius 3 is 2.52 bits per heavy atom. The van der Waals surface area contributed by atoms with E-state index >= 15 is 0 Å². The van der Waals surface area contributed by atoms with Crippen molar-refractivity contribution in [3.8, 4) is 0 Å². The number of nitrogens with zero attached hydrogens (tertiary/aromatic N) is 1. The molecule has 1 unspecified atom stereocenters. The van der Waals surface area contributed by atoms with E-state index in [2.05, 4.69) is 10.2 Å². The highest BCUT2D eigenvalue weighted by Crippen LogP contribution is 2.17. The van der Waals surface area contributed by atoms with E-state index in [1.807, 2.05) is 39.0 Å². The second kappa shape index (κ2) is 7.85. The van der Waals surface area contributed by atoms with Crippen LogP contribution in [-0.4, -0.2) is 55.9 Å². The second-order valence-corrected chi connectivity index (χ2v) is 9.66. The number of hydrogen-bond donors (Lipinski definition) is 2. The van der Waals surface area contributed by atoms with Crippen LogP contribution >= 0.6 is 0 Å². The first-order chi connectivity index (χ1) is 11.6. The fourth-order valence-corrected chi connectivity index (χ4v) is 4.02. The van der Waals surface area contributed by atoms with Crippen LogP contribution in [-0.2, 0) is 16.4 Å². The van der Waals surface area contributed by atoms with Crippen molar-refractivity contribution in [1.29, 1.82) is 0 Å². The zero-order valence-electron chi connectivity index (χ0n) is 15.3. The molecule has 1 aromatic carbocycles. The maximum absolute atomic E-state index is 12.6. The average Bonchev–Trinajstić information content (AvgIpc) is 2.56. The molecule has 1 amide bonds. The predicted octanol–water partition coefficient (Wildman–Crippen LogP) is 1.02. The van der Waals surface area contributed by atoms with Crippen molar-refractivity contribution >= 4 is 15.7 Å².